The van der Waals surface area contributed by atoms with Gasteiger partial charge in [0, 0.05) is 16.7 Å². The van der Waals surface area contributed by atoms with Gasteiger partial charge in [-0.15, -0.1) is 6.42 Å². The summed E-state index contributed by atoms with van der Waals surface area (Å²) in [5, 5.41) is 0. The van der Waals surface area contributed by atoms with Gasteiger partial charge >= 0.3 is 0 Å². The first kappa shape index (κ1) is 22.8. The van der Waals surface area contributed by atoms with Crippen molar-refractivity contribution in [3.8, 4) is 35.3 Å². The standard InChI is InChI=1S/C30H25F3/c1-3-20-7-12-23(13-8-20)24-14-9-21(10-15-24)5-6-22-11-16-27(28(31)17-22)25-18-29(32)26(4-2)30(33)19-25/h2,9-11,14-20,23H,3,7-8,12-13H2,1H3. The second-order valence-electron chi connectivity index (χ2n) is 8.65. The van der Waals surface area contributed by atoms with E-state index in [1.807, 2.05) is 18.1 Å². The molecule has 0 heterocycles. The molecule has 0 N–H and O–H groups in total. The van der Waals surface area contributed by atoms with Crippen LogP contribution in [0.25, 0.3) is 11.1 Å². The van der Waals surface area contributed by atoms with Gasteiger partial charge in [0.15, 0.2) is 0 Å². The molecule has 0 spiro atoms. The fourth-order valence-electron chi connectivity index (χ4n) is 4.58. The quantitative estimate of drug-likeness (QED) is 0.363. The van der Waals surface area contributed by atoms with Gasteiger partial charge in [-0.25, -0.2) is 13.2 Å². The van der Waals surface area contributed by atoms with Gasteiger partial charge < -0.3 is 0 Å². The van der Waals surface area contributed by atoms with E-state index in [1.54, 1.807) is 6.07 Å². The van der Waals surface area contributed by atoms with Crippen LogP contribution in [0, 0.1) is 47.6 Å². The van der Waals surface area contributed by atoms with Crippen LogP contribution < -0.4 is 0 Å². The Bertz CT molecular complexity index is 1220. The first-order valence-corrected chi connectivity index (χ1v) is 11.4. The Balaban J connectivity index is 1.48. The third kappa shape index (κ3) is 5.15. The molecule has 0 saturated heterocycles. The zero-order chi connectivity index (χ0) is 23.4. The third-order valence-corrected chi connectivity index (χ3v) is 6.62. The van der Waals surface area contributed by atoms with E-state index in [2.05, 4.69) is 30.9 Å². The minimum absolute atomic E-state index is 0.0871. The molecule has 4 rings (SSSR count). The average molecular weight is 443 g/mol. The van der Waals surface area contributed by atoms with Crippen molar-refractivity contribution in [1.82, 2.24) is 0 Å². The van der Waals surface area contributed by atoms with Crippen molar-refractivity contribution in [2.75, 3.05) is 0 Å². The molecule has 0 atom stereocenters. The zero-order valence-corrected chi connectivity index (χ0v) is 18.6. The monoisotopic (exact) mass is 442 g/mol. The molecule has 0 unspecified atom stereocenters. The molecule has 1 saturated carbocycles. The van der Waals surface area contributed by atoms with Gasteiger partial charge in [-0.3, -0.25) is 0 Å². The van der Waals surface area contributed by atoms with Crippen LogP contribution in [0.15, 0.2) is 54.6 Å². The summed E-state index contributed by atoms with van der Waals surface area (Å²) in [6.07, 6.45) is 11.5. The van der Waals surface area contributed by atoms with Crippen LogP contribution in [-0.4, -0.2) is 0 Å². The van der Waals surface area contributed by atoms with Crippen molar-refractivity contribution in [2.45, 2.75) is 44.9 Å². The Morgan fingerprint density at radius 2 is 1.39 bits per heavy atom. The van der Waals surface area contributed by atoms with Gasteiger partial charge in [0.25, 0.3) is 0 Å². The highest BCUT2D eigenvalue weighted by molar-refractivity contribution is 5.66. The van der Waals surface area contributed by atoms with E-state index in [0.29, 0.717) is 11.5 Å². The fourth-order valence-corrected chi connectivity index (χ4v) is 4.58. The van der Waals surface area contributed by atoms with E-state index in [9.17, 15) is 13.2 Å². The molecule has 166 valence electrons. The van der Waals surface area contributed by atoms with Gasteiger partial charge in [-0.05, 0) is 85.0 Å². The number of hydrogen-bond acceptors (Lipinski definition) is 0. The van der Waals surface area contributed by atoms with Crippen molar-refractivity contribution < 1.29 is 13.2 Å². The highest BCUT2D eigenvalue weighted by Gasteiger charge is 2.21. The molecule has 3 aromatic rings. The molecule has 3 heteroatoms. The Morgan fingerprint density at radius 3 is 1.97 bits per heavy atom. The van der Waals surface area contributed by atoms with Crippen molar-refractivity contribution in [3.63, 3.8) is 0 Å². The highest BCUT2D eigenvalue weighted by Crippen LogP contribution is 2.37. The largest absolute Gasteiger partial charge is 0.206 e. The summed E-state index contributed by atoms with van der Waals surface area (Å²) < 4.78 is 42.6. The highest BCUT2D eigenvalue weighted by atomic mass is 19.1. The predicted octanol–water partition coefficient (Wildman–Crippen LogP) is 7.84. The Morgan fingerprint density at radius 1 is 0.788 bits per heavy atom. The summed E-state index contributed by atoms with van der Waals surface area (Å²) in [5.41, 5.74) is 2.43. The number of hydrogen-bond donors (Lipinski definition) is 0. The molecule has 0 aliphatic heterocycles. The van der Waals surface area contributed by atoms with Crippen LogP contribution in [0.2, 0.25) is 0 Å². The SMILES string of the molecule is C#Cc1c(F)cc(-c2ccc(C#Cc3ccc(C4CCC(CC)CC4)cc3)cc2F)cc1F. The molecule has 1 fully saturated rings. The molecule has 33 heavy (non-hydrogen) atoms. The van der Waals surface area contributed by atoms with Crippen molar-refractivity contribution in [1.29, 1.82) is 0 Å². The number of rotatable bonds is 3. The molecular weight excluding hydrogens is 417 g/mol. The summed E-state index contributed by atoms with van der Waals surface area (Å²) in [4.78, 5) is 0. The third-order valence-electron chi connectivity index (χ3n) is 6.62. The minimum Gasteiger partial charge on any atom is -0.206 e. The summed E-state index contributed by atoms with van der Waals surface area (Å²) in [6.45, 7) is 2.27. The Hall–Kier alpha value is -3.43. The number of terminal acetylenes is 1. The first-order chi connectivity index (χ1) is 16.0. The second-order valence-corrected chi connectivity index (χ2v) is 8.65. The van der Waals surface area contributed by atoms with E-state index < -0.39 is 23.0 Å². The van der Waals surface area contributed by atoms with Crippen molar-refractivity contribution in [3.05, 3.63) is 94.3 Å². The van der Waals surface area contributed by atoms with Crippen LogP contribution >= 0.6 is 0 Å². The van der Waals surface area contributed by atoms with Gasteiger partial charge in [0.2, 0.25) is 0 Å². The van der Waals surface area contributed by atoms with Gasteiger partial charge in [0.1, 0.15) is 17.5 Å². The van der Waals surface area contributed by atoms with Crippen LogP contribution in [-0.2, 0) is 0 Å². The fraction of sp³-hybridized carbons (Fsp3) is 0.267. The van der Waals surface area contributed by atoms with Gasteiger partial charge in [-0.1, -0.05) is 49.3 Å². The maximum absolute atomic E-state index is 14.7. The van der Waals surface area contributed by atoms with E-state index in [0.717, 1.165) is 23.6 Å². The normalized spacial score (nSPS) is 17.7. The molecular formula is C30H25F3. The Kier molecular flexibility index (Phi) is 6.90. The number of benzene rings is 3. The zero-order valence-electron chi connectivity index (χ0n) is 18.6. The predicted molar refractivity (Wildman–Crippen MR) is 127 cm³/mol. The summed E-state index contributed by atoms with van der Waals surface area (Å²) in [5.74, 6) is 7.11. The van der Waals surface area contributed by atoms with Crippen LogP contribution in [0.3, 0.4) is 0 Å². The summed E-state index contributed by atoms with van der Waals surface area (Å²) in [6, 6.07) is 14.8. The van der Waals surface area contributed by atoms with E-state index in [1.165, 1.54) is 49.8 Å². The van der Waals surface area contributed by atoms with Crippen LogP contribution in [0.4, 0.5) is 13.2 Å². The van der Waals surface area contributed by atoms with Crippen molar-refractivity contribution >= 4 is 0 Å². The molecule has 0 nitrogen and oxygen atoms in total. The average Bonchev–Trinajstić information content (AvgIpc) is 2.83. The smallest absolute Gasteiger partial charge is 0.142 e. The minimum atomic E-state index is -0.891. The topological polar surface area (TPSA) is 0 Å². The number of halogens is 3. The maximum Gasteiger partial charge on any atom is 0.142 e. The molecule has 0 amide bonds. The van der Waals surface area contributed by atoms with Crippen molar-refractivity contribution in [2.24, 2.45) is 5.92 Å². The Labute approximate surface area is 193 Å². The molecule has 0 bridgehead atoms. The lowest BCUT2D eigenvalue weighted by Gasteiger charge is -2.28. The lowest BCUT2D eigenvalue weighted by molar-refractivity contribution is 0.319. The van der Waals surface area contributed by atoms with E-state index >= 15 is 0 Å². The summed E-state index contributed by atoms with van der Waals surface area (Å²) >= 11 is 0. The van der Waals surface area contributed by atoms with Gasteiger partial charge in [0.05, 0.1) is 5.56 Å². The molecule has 1 aliphatic rings. The molecule has 1 aliphatic carbocycles. The maximum atomic E-state index is 14.7. The van der Waals surface area contributed by atoms with Crippen LogP contribution in [0.1, 0.15) is 67.2 Å². The molecule has 0 aromatic heterocycles. The molecule has 0 radical (unpaired) electrons. The van der Waals surface area contributed by atoms with Crippen LogP contribution in [0.5, 0.6) is 0 Å². The lowest BCUT2D eigenvalue weighted by Crippen LogP contribution is -2.12. The van der Waals surface area contributed by atoms with Gasteiger partial charge in [-0.2, -0.15) is 0 Å². The second kappa shape index (κ2) is 10.0. The van der Waals surface area contributed by atoms with E-state index in [-0.39, 0.29) is 11.1 Å². The van der Waals surface area contributed by atoms with E-state index in [4.69, 9.17) is 6.42 Å². The summed E-state index contributed by atoms with van der Waals surface area (Å²) in [7, 11) is 0. The molecule has 3 aromatic carbocycles. The lowest BCUT2D eigenvalue weighted by atomic mass is 9.78. The first-order valence-electron chi connectivity index (χ1n) is 11.4.